The van der Waals surface area contributed by atoms with Gasteiger partial charge in [0.05, 0.1) is 6.61 Å². The van der Waals surface area contributed by atoms with Gasteiger partial charge in [-0.05, 0) is 50.1 Å². The molecule has 136 valence electrons. The van der Waals surface area contributed by atoms with Gasteiger partial charge in [0.25, 0.3) is 5.91 Å². The van der Waals surface area contributed by atoms with Gasteiger partial charge in [0.2, 0.25) is 0 Å². The Morgan fingerprint density at radius 3 is 2.38 bits per heavy atom. The third kappa shape index (κ3) is 3.68. The molecule has 1 atom stereocenters. The molecule has 1 aliphatic rings. The predicted octanol–water partition coefficient (Wildman–Crippen LogP) is 3.88. The molecule has 2 aromatic rings. The summed E-state index contributed by atoms with van der Waals surface area (Å²) >= 11 is 5.83. The number of amides is 3. The van der Waals surface area contributed by atoms with Crippen molar-refractivity contribution in [1.82, 2.24) is 10.2 Å². The molecule has 0 aromatic heterocycles. The number of urea groups is 1. The van der Waals surface area contributed by atoms with Gasteiger partial charge in [-0.15, -0.1) is 0 Å². The van der Waals surface area contributed by atoms with E-state index >= 15 is 0 Å². The molecule has 1 heterocycles. The molecule has 3 amide bonds. The zero-order valence-electron chi connectivity index (χ0n) is 14.8. The van der Waals surface area contributed by atoms with Crippen LogP contribution in [-0.4, -0.2) is 30.0 Å². The van der Waals surface area contributed by atoms with E-state index in [-0.39, 0.29) is 11.9 Å². The molecule has 1 fully saturated rings. The lowest BCUT2D eigenvalue weighted by Gasteiger charge is -2.22. The van der Waals surface area contributed by atoms with Gasteiger partial charge < -0.3 is 10.1 Å². The minimum atomic E-state index is -1.03. The summed E-state index contributed by atoms with van der Waals surface area (Å²) in [5, 5.41) is 3.46. The van der Waals surface area contributed by atoms with Crippen LogP contribution in [0.15, 0.2) is 48.5 Å². The quantitative estimate of drug-likeness (QED) is 0.618. The van der Waals surface area contributed by atoms with Crippen molar-refractivity contribution in [3.63, 3.8) is 0 Å². The number of halogens is 1. The molecular formula is C20H21ClN2O3. The van der Waals surface area contributed by atoms with Crippen LogP contribution in [0.4, 0.5) is 4.79 Å². The number of imide groups is 1. The Kier molecular flexibility index (Phi) is 5.18. The van der Waals surface area contributed by atoms with Crippen LogP contribution in [0.3, 0.4) is 0 Å². The van der Waals surface area contributed by atoms with Gasteiger partial charge in [0.1, 0.15) is 11.3 Å². The summed E-state index contributed by atoms with van der Waals surface area (Å²) in [6, 6.07) is 14.3. The molecular weight excluding hydrogens is 352 g/mol. The molecule has 0 aliphatic carbocycles. The fraction of sp³-hybridized carbons (Fsp3) is 0.300. The summed E-state index contributed by atoms with van der Waals surface area (Å²) < 4.78 is 5.61. The van der Waals surface area contributed by atoms with E-state index < -0.39 is 5.54 Å². The lowest BCUT2D eigenvalue weighted by molar-refractivity contribution is -0.131. The Morgan fingerprint density at radius 2 is 1.73 bits per heavy atom. The molecule has 26 heavy (non-hydrogen) atoms. The highest BCUT2D eigenvalue weighted by Gasteiger charge is 2.48. The van der Waals surface area contributed by atoms with Gasteiger partial charge in [-0.1, -0.05) is 41.4 Å². The first-order chi connectivity index (χ1) is 12.4. The summed E-state index contributed by atoms with van der Waals surface area (Å²) in [4.78, 5) is 26.3. The number of benzene rings is 2. The van der Waals surface area contributed by atoms with Gasteiger partial charge >= 0.3 is 6.03 Å². The molecule has 0 saturated carbocycles. The Labute approximate surface area is 157 Å². The van der Waals surface area contributed by atoms with Crippen molar-refractivity contribution in [2.75, 3.05) is 13.2 Å². The Bertz CT molecular complexity index is 805. The number of ether oxygens (including phenoxy) is 1. The van der Waals surface area contributed by atoms with E-state index in [4.69, 9.17) is 16.3 Å². The molecule has 3 rings (SSSR count). The Balaban J connectivity index is 1.58. The predicted molar refractivity (Wildman–Crippen MR) is 100 cm³/mol. The number of nitrogens with one attached hydrogen (secondary N) is 1. The van der Waals surface area contributed by atoms with Crippen LogP contribution in [0.2, 0.25) is 5.02 Å². The lowest BCUT2D eigenvalue weighted by Crippen LogP contribution is -2.41. The van der Waals surface area contributed by atoms with Gasteiger partial charge in [0.15, 0.2) is 0 Å². The summed E-state index contributed by atoms with van der Waals surface area (Å²) in [5.41, 5.74) is 0.855. The average molecular weight is 373 g/mol. The number of rotatable bonds is 6. The van der Waals surface area contributed by atoms with Crippen LogP contribution < -0.4 is 10.1 Å². The van der Waals surface area contributed by atoms with Gasteiger partial charge in [-0.2, -0.15) is 0 Å². The molecule has 1 N–H and O–H groups in total. The third-order valence-electron chi connectivity index (χ3n) is 4.51. The van der Waals surface area contributed by atoms with Crippen molar-refractivity contribution in [1.29, 1.82) is 0 Å². The standard InChI is InChI=1S/C20H21ClN2O3/c1-14-4-6-15(7-5-14)20(2)18(24)23(19(25)22-20)12-3-13-26-17-10-8-16(21)9-11-17/h4-11H,3,12-13H2,1-2H3,(H,22,25). The first-order valence-electron chi connectivity index (χ1n) is 8.50. The second-order valence-corrected chi connectivity index (χ2v) is 6.97. The highest BCUT2D eigenvalue weighted by atomic mass is 35.5. The first kappa shape index (κ1) is 18.3. The summed E-state index contributed by atoms with van der Waals surface area (Å²) in [7, 11) is 0. The number of carbonyl (C=O) groups is 2. The molecule has 0 bridgehead atoms. The fourth-order valence-electron chi connectivity index (χ4n) is 2.93. The smallest absolute Gasteiger partial charge is 0.325 e. The lowest BCUT2D eigenvalue weighted by atomic mass is 9.91. The zero-order valence-corrected chi connectivity index (χ0v) is 15.5. The minimum Gasteiger partial charge on any atom is -0.494 e. The van der Waals surface area contributed by atoms with Crippen molar-refractivity contribution < 1.29 is 14.3 Å². The summed E-state index contributed by atoms with van der Waals surface area (Å²) in [5.74, 6) is 0.467. The normalized spacial score (nSPS) is 19.6. The Morgan fingerprint density at radius 1 is 1.08 bits per heavy atom. The highest BCUT2D eigenvalue weighted by molar-refractivity contribution is 6.30. The molecule has 5 nitrogen and oxygen atoms in total. The maximum atomic E-state index is 12.8. The van der Waals surface area contributed by atoms with E-state index in [0.29, 0.717) is 30.3 Å². The molecule has 2 aromatic carbocycles. The number of nitrogens with zero attached hydrogens (tertiary/aromatic N) is 1. The van der Waals surface area contributed by atoms with Crippen molar-refractivity contribution in [2.24, 2.45) is 0 Å². The maximum absolute atomic E-state index is 12.8. The molecule has 0 radical (unpaired) electrons. The zero-order chi connectivity index (χ0) is 18.7. The van der Waals surface area contributed by atoms with E-state index in [1.807, 2.05) is 31.2 Å². The van der Waals surface area contributed by atoms with E-state index in [2.05, 4.69) is 5.32 Å². The topological polar surface area (TPSA) is 58.6 Å². The van der Waals surface area contributed by atoms with Gasteiger partial charge in [-0.25, -0.2) is 4.79 Å². The fourth-order valence-corrected chi connectivity index (χ4v) is 3.05. The second kappa shape index (κ2) is 7.38. The van der Waals surface area contributed by atoms with Crippen molar-refractivity contribution in [3.8, 4) is 5.75 Å². The monoisotopic (exact) mass is 372 g/mol. The molecule has 0 spiro atoms. The summed E-state index contributed by atoms with van der Waals surface area (Å²) in [6.45, 7) is 4.43. The highest BCUT2D eigenvalue weighted by Crippen LogP contribution is 2.29. The largest absolute Gasteiger partial charge is 0.494 e. The van der Waals surface area contributed by atoms with Crippen LogP contribution in [0, 0.1) is 6.92 Å². The van der Waals surface area contributed by atoms with Gasteiger partial charge in [0, 0.05) is 11.6 Å². The van der Waals surface area contributed by atoms with Crippen LogP contribution in [0.1, 0.15) is 24.5 Å². The number of hydrogen-bond donors (Lipinski definition) is 1. The Hall–Kier alpha value is -2.53. The average Bonchev–Trinajstić information content (AvgIpc) is 2.84. The van der Waals surface area contributed by atoms with Crippen LogP contribution in [0.25, 0.3) is 0 Å². The van der Waals surface area contributed by atoms with E-state index in [1.165, 1.54) is 4.90 Å². The van der Waals surface area contributed by atoms with Crippen LogP contribution >= 0.6 is 11.6 Å². The van der Waals surface area contributed by atoms with E-state index in [1.54, 1.807) is 31.2 Å². The number of carbonyl (C=O) groups excluding carboxylic acids is 2. The summed E-state index contributed by atoms with van der Waals surface area (Å²) in [6.07, 6.45) is 0.547. The molecule has 1 aliphatic heterocycles. The SMILES string of the molecule is Cc1ccc(C2(C)NC(=O)N(CCCOc3ccc(Cl)cc3)C2=O)cc1. The van der Waals surface area contributed by atoms with Gasteiger partial charge in [-0.3, -0.25) is 9.69 Å². The minimum absolute atomic E-state index is 0.238. The number of hydrogen-bond acceptors (Lipinski definition) is 3. The molecule has 1 saturated heterocycles. The van der Waals surface area contributed by atoms with Crippen molar-refractivity contribution >= 4 is 23.5 Å². The van der Waals surface area contributed by atoms with Crippen LogP contribution in [-0.2, 0) is 10.3 Å². The molecule has 1 unspecified atom stereocenters. The van der Waals surface area contributed by atoms with Crippen molar-refractivity contribution in [2.45, 2.75) is 25.8 Å². The maximum Gasteiger partial charge on any atom is 0.325 e. The van der Waals surface area contributed by atoms with E-state index in [9.17, 15) is 9.59 Å². The van der Waals surface area contributed by atoms with E-state index in [0.717, 1.165) is 11.1 Å². The third-order valence-corrected chi connectivity index (χ3v) is 4.76. The molecule has 6 heteroatoms. The first-order valence-corrected chi connectivity index (χ1v) is 8.87. The van der Waals surface area contributed by atoms with Crippen molar-refractivity contribution in [3.05, 3.63) is 64.7 Å². The van der Waals surface area contributed by atoms with Crippen LogP contribution in [0.5, 0.6) is 5.75 Å². The second-order valence-electron chi connectivity index (χ2n) is 6.53. The number of aryl methyl sites for hydroxylation is 1.